The molecule has 0 unspecified atom stereocenters. The van der Waals surface area contributed by atoms with E-state index in [0.717, 1.165) is 13.0 Å². The van der Waals surface area contributed by atoms with Crippen LogP contribution >= 0.6 is 0 Å². The predicted molar refractivity (Wildman–Crippen MR) is 74.0 cm³/mol. The van der Waals surface area contributed by atoms with Crippen molar-refractivity contribution in [1.29, 1.82) is 0 Å². The van der Waals surface area contributed by atoms with Crippen molar-refractivity contribution in [3.8, 4) is 0 Å². The summed E-state index contributed by atoms with van der Waals surface area (Å²) in [6.45, 7) is 1.96. The first-order chi connectivity index (χ1) is 10.2. The van der Waals surface area contributed by atoms with Gasteiger partial charge in [-0.05, 0) is 25.0 Å². The lowest BCUT2D eigenvalue weighted by atomic mass is 10.3. The van der Waals surface area contributed by atoms with E-state index in [1.165, 1.54) is 6.26 Å². The summed E-state index contributed by atoms with van der Waals surface area (Å²) in [6.07, 6.45) is 3.66. The first-order valence-corrected chi connectivity index (χ1v) is 7.03. The molecule has 2 rings (SSSR count). The second-order valence-corrected chi connectivity index (χ2v) is 4.86. The van der Waals surface area contributed by atoms with E-state index in [0.29, 0.717) is 31.7 Å². The smallest absolute Gasteiger partial charge is 0.309 e. The average Bonchev–Trinajstić information content (AvgIpc) is 3.12. The van der Waals surface area contributed by atoms with Crippen molar-refractivity contribution in [3.63, 3.8) is 0 Å². The molecule has 0 spiro atoms. The van der Waals surface area contributed by atoms with E-state index < -0.39 is 11.8 Å². The van der Waals surface area contributed by atoms with Gasteiger partial charge in [0, 0.05) is 26.1 Å². The molecular weight excluding hydrogens is 274 g/mol. The van der Waals surface area contributed by atoms with Gasteiger partial charge < -0.3 is 20.0 Å². The maximum Gasteiger partial charge on any atom is 0.309 e. The Bertz CT molecular complexity index is 498. The van der Waals surface area contributed by atoms with Crippen LogP contribution < -0.4 is 10.6 Å². The van der Waals surface area contributed by atoms with E-state index in [2.05, 4.69) is 10.6 Å². The summed E-state index contributed by atoms with van der Waals surface area (Å²) in [5.74, 6) is -0.612. The number of carbonyl (C=O) groups excluding carboxylic acids is 3. The molecule has 0 atom stereocenters. The molecule has 2 N–H and O–H groups in total. The summed E-state index contributed by atoms with van der Waals surface area (Å²) in [5, 5.41) is 5.00. The summed E-state index contributed by atoms with van der Waals surface area (Å²) in [6, 6.07) is 3.42. The fraction of sp³-hybridized carbons (Fsp3) is 0.500. The van der Waals surface area contributed by atoms with Gasteiger partial charge in [0.05, 0.1) is 12.8 Å². The highest BCUT2D eigenvalue weighted by molar-refractivity contribution is 6.35. The maximum absolute atomic E-state index is 11.5. The third-order valence-corrected chi connectivity index (χ3v) is 3.27. The molecule has 0 aliphatic carbocycles. The maximum atomic E-state index is 11.5. The molecule has 3 amide bonds. The lowest BCUT2D eigenvalue weighted by Gasteiger charge is -2.15. The van der Waals surface area contributed by atoms with Crippen molar-refractivity contribution < 1.29 is 18.8 Å². The molecule has 1 aromatic rings. The van der Waals surface area contributed by atoms with Gasteiger partial charge in [-0.25, -0.2) is 0 Å². The van der Waals surface area contributed by atoms with Crippen molar-refractivity contribution in [3.05, 3.63) is 24.2 Å². The van der Waals surface area contributed by atoms with Gasteiger partial charge in [0.1, 0.15) is 5.76 Å². The fourth-order valence-electron chi connectivity index (χ4n) is 2.15. The minimum atomic E-state index is -0.691. The number of hydrogen-bond donors (Lipinski definition) is 2. The van der Waals surface area contributed by atoms with Crippen LogP contribution in [0, 0.1) is 0 Å². The standard InChI is InChI=1S/C14H19N3O4/c18-12-5-1-7-17(12)8-3-6-15-13(19)14(20)16-10-11-4-2-9-21-11/h2,4,9H,1,3,5-8,10H2,(H,15,19)(H,16,20). The van der Waals surface area contributed by atoms with Crippen LogP contribution in [0.15, 0.2) is 22.8 Å². The van der Waals surface area contributed by atoms with Crippen LogP contribution in [0.5, 0.6) is 0 Å². The van der Waals surface area contributed by atoms with Gasteiger partial charge in [-0.2, -0.15) is 0 Å². The average molecular weight is 293 g/mol. The second kappa shape index (κ2) is 7.47. The van der Waals surface area contributed by atoms with Gasteiger partial charge in [-0.1, -0.05) is 0 Å². The summed E-state index contributed by atoms with van der Waals surface area (Å²) in [4.78, 5) is 36.2. The zero-order valence-electron chi connectivity index (χ0n) is 11.8. The molecule has 1 aliphatic rings. The van der Waals surface area contributed by atoms with Crippen LogP contribution in [-0.2, 0) is 20.9 Å². The van der Waals surface area contributed by atoms with Crippen molar-refractivity contribution in [1.82, 2.24) is 15.5 Å². The molecule has 1 aromatic heterocycles. The Morgan fingerprint density at radius 2 is 2.10 bits per heavy atom. The summed E-state index contributed by atoms with van der Waals surface area (Å²) in [5.41, 5.74) is 0. The van der Waals surface area contributed by atoms with E-state index in [1.54, 1.807) is 17.0 Å². The Hall–Kier alpha value is -2.31. The molecular formula is C14H19N3O4. The molecule has 7 heteroatoms. The van der Waals surface area contributed by atoms with Crippen LogP contribution in [0.2, 0.25) is 0 Å². The zero-order chi connectivity index (χ0) is 15.1. The molecule has 0 bridgehead atoms. The molecule has 0 saturated carbocycles. The van der Waals surface area contributed by atoms with E-state index >= 15 is 0 Å². The third kappa shape index (κ3) is 4.62. The van der Waals surface area contributed by atoms with Gasteiger partial charge in [0.2, 0.25) is 5.91 Å². The van der Waals surface area contributed by atoms with Crippen LogP contribution in [0.25, 0.3) is 0 Å². The minimum Gasteiger partial charge on any atom is -0.467 e. The largest absolute Gasteiger partial charge is 0.467 e. The molecule has 2 heterocycles. The molecule has 21 heavy (non-hydrogen) atoms. The van der Waals surface area contributed by atoms with E-state index in [4.69, 9.17) is 4.42 Å². The first kappa shape index (κ1) is 15.1. The Morgan fingerprint density at radius 1 is 1.29 bits per heavy atom. The quantitative estimate of drug-likeness (QED) is 0.571. The lowest BCUT2D eigenvalue weighted by Crippen LogP contribution is -2.40. The number of rotatable bonds is 6. The van der Waals surface area contributed by atoms with Crippen molar-refractivity contribution in [2.75, 3.05) is 19.6 Å². The van der Waals surface area contributed by atoms with Gasteiger partial charge in [-0.3, -0.25) is 14.4 Å². The lowest BCUT2D eigenvalue weighted by molar-refractivity contribution is -0.139. The normalized spacial score (nSPS) is 14.3. The molecule has 0 aromatic carbocycles. The third-order valence-electron chi connectivity index (χ3n) is 3.27. The van der Waals surface area contributed by atoms with Gasteiger partial charge in [0.15, 0.2) is 0 Å². The Labute approximate surface area is 122 Å². The molecule has 1 aliphatic heterocycles. The summed E-state index contributed by atoms with van der Waals surface area (Å²) < 4.78 is 5.05. The van der Waals surface area contributed by atoms with Gasteiger partial charge in [0.25, 0.3) is 0 Å². The molecule has 1 fully saturated rings. The topological polar surface area (TPSA) is 91.7 Å². The second-order valence-electron chi connectivity index (χ2n) is 4.86. The zero-order valence-corrected chi connectivity index (χ0v) is 11.8. The fourth-order valence-corrected chi connectivity index (χ4v) is 2.15. The highest BCUT2D eigenvalue weighted by atomic mass is 16.3. The SMILES string of the molecule is O=C(NCCCN1CCCC1=O)C(=O)NCc1ccco1. The van der Waals surface area contributed by atoms with Crippen LogP contribution in [0.3, 0.4) is 0 Å². The number of amides is 3. The van der Waals surface area contributed by atoms with Gasteiger partial charge in [-0.15, -0.1) is 0 Å². The van der Waals surface area contributed by atoms with E-state index in [9.17, 15) is 14.4 Å². The van der Waals surface area contributed by atoms with E-state index in [1.807, 2.05) is 0 Å². The minimum absolute atomic E-state index is 0.164. The number of likely N-dealkylation sites (tertiary alicyclic amines) is 1. The summed E-state index contributed by atoms with van der Waals surface area (Å²) >= 11 is 0. The van der Waals surface area contributed by atoms with Crippen molar-refractivity contribution >= 4 is 17.7 Å². The number of nitrogens with one attached hydrogen (secondary N) is 2. The predicted octanol–water partition coefficient (Wildman–Crippen LogP) is 0.0245. The van der Waals surface area contributed by atoms with E-state index in [-0.39, 0.29) is 12.5 Å². The Morgan fingerprint density at radius 3 is 2.76 bits per heavy atom. The molecule has 1 saturated heterocycles. The van der Waals surface area contributed by atoms with Gasteiger partial charge >= 0.3 is 11.8 Å². The van der Waals surface area contributed by atoms with Crippen LogP contribution in [0.1, 0.15) is 25.0 Å². The summed E-state index contributed by atoms with van der Waals surface area (Å²) in [7, 11) is 0. The van der Waals surface area contributed by atoms with Crippen LogP contribution in [0.4, 0.5) is 0 Å². The van der Waals surface area contributed by atoms with Crippen LogP contribution in [-0.4, -0.2) is 42.3 Å². The number of nitrogens with zero attached hydrogens (tertiary/aromatic N) is 1. The highest BCUT2D eigenvalue weighted by Gasteiger charge is 2.19. The molecule has 7 nitrogen and oxygen atoms in total. The Balaban J connectivity index is 1.58. The first-order valence-electron chi connectivity index (χ1n) is 7.03. The highest BCUT2D eigenvalue weighted by Crippen LogP contribution is 2.09. The molecule has 114 valence electrons. The number of hydrogen-bond acceptors (Lipinski definition) is 4. The number of furan rings is 1. The monoisotopic (exact) mass is 293 g/mol. The Kier molecular flexibility index (Phi) is 5.36. The van der Waals surface area contributed by atoms with Crippen molar-refractivity contribution in [2.24, 2.45) is 0 Å². The number of carbonyl (C=O) groups is 3. The molecule has 0 radical (unpaired) electrons. The van der Waals surface area contributed by atoms with Crippen molar-refractivity contribution in [2.45, 2.75) is 25.8 Å².